The van der Waals surface area contributed by atoms with Crippen molar-refractivity contribution in [1.29, 1.82) is 0 Å². The van der Waals surface area contributed by atoms with Gasteiger partial charge in [0.1, 0.15) is 0 Å². The highest BCUT2D eigenvalue weighted by atomic mass is 79.9. The lowest BCUT2D eigenvalue weighted by molar-refractivity contribution is 0.931. The van der Waals surface area contributed by atoms with Gasteiger partial charge in [-0.1, -0.05) is 27.7 Å². The quantitative estimate of drug-likeness (QED) is 0.678. The molecular formula is C14H20Br2. The predicted octanol–water partition coefficient (Wildman–Crippen LogP) is 5.46. The summed E-state index contributed by atoms with van der Waals surface area (Å²) >= 11 is 7.48. The van der Waals surface area contributed by atoms with Gasteiger partial charge in [0.25, 0.3) is 0 Å². The molecule has 1 aromatic rings. The molecule has 0 N–H and O–H groups in total. The smallest absolute Gasteiger partial charge is 0.0355 e. The summed E-state index contributed by atoms with van der Waals surface area (Å²) in [5.41, 5.74) is 6.06. The lowest BCUT2D eigenvalue weighted by atomic mass is 9.90. The Bertz CT molecular complexity index is 344. The second-order valence-electron chi connectivity index (χ2n) is 3.96. The summed E-state index contributed by atoms with van der Waals surface area (Å²) in [4.78, 5) is 0. The first-order valence-electron chi connectivity index (χ1n) is 6.12. The van der Waals surface area contributed by atoms with Crippen molar-refractivity contribution in [2.75, 3.05) is 0 Å². The summed E-state index contributed by atoms with van der Waals surface area (Å²) in [7, 11) is 0. The molecule has 90 valence electrons. The molecule has 0 unspecified atom stereocenters. The largest absolute Gasteiger partial charge is 0.0613 e. The van der Waals surface area contributed by atoms with Crippen molar-refractivity contribution in [2.24, 2.45) is 0 Å². The number of hydrogen-bond donors (Lipinski definition) is 0. The van der Waals surface area contributed by atoms with Gasteiger partial charge in [-0.3, -0.25) is 0 Å². The van der Waals surface area contributed by atoms with E-state index in [-0.39, 0.29) is 0 Å². The average molecular weight is 348 g/mol. The Kier molecular flexibility index (Phi) is 5.52. The van der Waals surface area contributed by atoms with Gasteiger partial charge in [-0.05, 0) is 79.8 Å². The van der Waals surface area contributed by atoms with Gasteiger partial charge in [-0.25, -0.2) is 0 Å². The van der Waals surface area contributed by atoms with Gasteiger partial charge in [0.2, 0.25) is 0 Å². The Labute approximate surface area is 116 Å². The number of hydrogen-bond acceptors (Lipinski definition) is 0. The maximum absolute atomic E-state index is 3.74. The molecule has 0 spiro atoms. The van der Waals surface area contributed by atoms with Gasteiger partial charge in [0, 0.05) is 8.95 Å². The molecule has 2 heteroatoms. The monoisotopic (exact) mass is 346 g/mol. The van der Waals surface area contributed by atoms with Crippen molar-refractivity contribution >= 4 is 31.9 Å². The molecule has 0 heterocycles. The third-order valence-corrected chi connectivity index (χ3v) is 5.51. The summed E-state index contributed by atoms with van der Waals surface area (Å²) in [5.74, 6) is 0. The molecule has 1 rings (SSSR count). The first-order valence-corrected chi connectivity index (χ1v) is 7.71. The van der Waals surface area contributed by atoms with Crippen LogP contribution >= 0.6 is 31.9 Å². The minimum absolute atomic E-state index is 1.10. The van der Waals surface area contributed by atoms with Gasteiger partial charge >= 0.3 is 0 Å². The minimum Gasteiger partial charge on any atom is -0.0613 e. The van der Waals surface area contributed by atoms with Crippen LogP contribution in [0.15, 0.2) is 8.95 Å². The Hall–Kier alpha value is 0.180. The Balaban J connectivity index is 3.61. The van der Waals surface area contributed by atoms with E-state index in [9.17, 15) is 0 Å². The van der Waals surface area contributed by atoms with E-state index in [1.807, 2.05) is 0 Å². The van der Waals surface area contributed by atoms with E-state index < -0.39 is 0 Å². The fraction of sp³-hybridized carbons (Fsp3) is 0.571. The van der Waals surface area contributed by atoms with Gasteiger partial charge < -0.3 is 0 Å². The van der Waals surface area contributed by atoms with E-state index in [4.69, 9.17) is 0 Å². The highest BCUT2D eigenvalue weighted by Gasteiger charge is 2.17. The van der Waals surface area contributed by atoms with Crippen LogP contribution in [0, 0.1) is 0 Å². The van der Waals surface area contributed by atoms with Crippen LogP contribution in [-0.2, 0) is 25.7 Å². The van der Waals surface area contributed by atoms with Gasteiger partial charge in [0.05, 0.1) is 0 Å². The molecule has 0 radical (unpaired) electrons. The first-order chi connectivity index (χ1) is 7.62. The minimum atomic E-state index is 1.10. The second-order valence-corrected chi connectivity index (χ2v) is 5.54. The second kappa shape index (κ2) is 6.20. The molecule has 0 aliphatic rings. The van der Waals surface area contributed by atoms with Crippen molar-refractivity contribution in [3.63, 3.8) is 0 Å². The van der Waals surface area contributed by atoms with Crippen molar-refractivity contribution in [2.45, 2.75) is 53.4 Å². The number of halogens is 2. The zero-order valence-corrected chi connectivity index (χ0v) is 13.8. The van der Waals surface area contributed by atoms with E-state index in [1.165, 1.54) is 20.1 Å². The van der Waals surface area contributed by atoms with E-state index in [1.54, 1.807) is 11.1 Å². The molecule has 0 saturated carbocycles. The zero-order chi connectivity index (χ0) is 12.3. The predicted molar refractivity (Wildman–Crippen MR) is 79.4 cm³/mol. The molecule has 0 saturated heterocycles. The maximum Gasteiger partial charge on any atom is 0.0355 e. The van der Waals surface area contributed by atoms with Crippen LogP contribution in [0.3, 0.4) is 0 Å². The van der Waals surface area contributed by atoms with E-state index >= 15 is 0 Å². The number of rotatable bonds is 4. The van der Waals surface area contributed by atoms with Crippen molar-refractivity contribution in [1.82, 2.24) is 0 Å². The molecule has 0 amide bonds. The van der Waals surface area contributed by atoms with Gasteiger partial charge in [0.15, 0.2) is 0 Å². The Morgan fingerprint density at radius 3 is 1.00 bits per heavy atom. The molecule has 1 aromatic carbocycles. The molecule has 0 atom stereocenters. The van der Waals surface area contributed by atoms with E-state index in [2.05, 4.69) is 59.6 Å². The zero-order valence-electron chi connectivity index (χ0n) is 10.6. The van der Waals surface area contributed by atoms with Gasteiger partial charge in [-0.2, -0.15) is 0 Å². The highest BCUT2D eigenvalue weighted by molar-refractivity contribution is 9.13. The van der Waals surface area contributed by atoms with Crippen LogP contribution in [-0.4, -0.2) is 0 Å². The Morgan fingerprint density at radius 1 is 0.562 bits per heavy atom. The summed E-state index contributed by atoms with van der Waals surface area (Å²) in [6.45, 7) is 8.98. The number of benzene rings is 1. The summed E-state index contributed by atoms with van der Waals surface area (Å²) in [5, 5.41) is 0. The SMILES string of the molecule is CCc1c(Br)c(Br)c(CC)c(CC)c1CC. The van der Waals surface area contributed by atoms with Crippen LogP contribution in [0.5, 0.6) is 0 Å². The van der Waals surface area contributed by atoms with E-state index in [0.717, 1.165) is 25.7 Å². The highest BCUT2D eigenvalue weighted by Crippen LogP contribution is 2.37. The van der Waals surface area contributed by atoms with Crippen molar-refractivity contribution in [3.8, 4) is 0 Å². The summed E-state index contributed by atoms with van der Waals surface area (Å²) < 4.78 is 2.53. The van der Waals surface area contributed by atoms with Crippen LogP contribution in [0.25, 0.3) is 0 Å². The summed E-state index contributed by atoms with van der Waals surface area (Å²) in [6, 6.07) is 0. The molecule has 0 aromatic heterocycles. The van der Waals surface area contributed by atoms with Crippen molar-refractivity contribution < 1.29 is 0 Å². The Morgan fingerprint density at radius 2 is 0.812 bits per heavy atom. The van der Waals surface area contributed by atoms with Crippen LogP contribution < -0.4 is 0 Å². The van der Waals surface area contributed by atoms with Gasteiger partial charge in [-0.15, -0.1) is 0 Å². The molecule has 16 heavy (non-hydrogen) atoms. The molecule has 0 fully saturated rings. The molecule has 0 nitrogen and oxygen atoms in total. The van der Waals surface area contributed by atoms with Crippen molar-refractivity contribution in [3.05, 3.63) is 31.2 Å². The standard InChI is InChI=1S/C14H20Br2/c1-5-9-10(6-2)12(8-4)14(16)13(15)11(9)7-3/h5-8H2,1-4H3. The van der Waals surface area contributed by atoms with E-state index in [0.29, 0.717) is 0 Å². The third-order valence-electron chi connectivity index (χ3n) is 3.23. The molecule has 0 aliphatic carbocycles. The molecule has 0 bridgehead atoms. The lowest BCUT2D eigenvalue weighted by Gasteiger charge is -2.20. The molecular weight excluding hydrogens is 328 g/mol. The average Bonchev–Trinajstić information content (AvgIpc) is 2.31. The fourth-order valence-electron chi connectivity index (χ4n) is 2.48. The first kappa shape index (κ1) is 14.2. The van der Waals surface area contributed by atoms with Crippen LogP contribution in [0.2, 0.25) is 0 Å². The molecule has 0 aliphatic heterocycles. The fourth-order valence-corrected chi connectivity index (χ4v) is 4.00. The summed E-state index contributed by atoms with van der Waals surface area (Å²) in [6.07, 6.45) is 4.45. The lowest BCUT2D eigenvalue weighted by Crippen LogP contribution is -2.05. The van der Waals surface area contributed by atoms with Crippen LogP contribution in [0.1, 0.15) is 49.9 Å². The third kappa shape index (κ3) is 2.38. The maximum atomic E-state index is 3.74. The van der Waals surface area contributed by atoms with Crippen LogP contribution in [0.4, 0.5) is 0 Å². The normalized spacial score (nSPS) is 10.9. The topological polar surface area (TPSA) is 0 Å².